The quantitative estimate of drug-likeness (QED) is 0.234. The minimum Gasteiger partial charge on any atom is -0.393 e. The Bertz CT molecular complexity index is 1730. The Kier molecular flexibility index (Phi) is 11.0. The molecule has 1 aromatic heterocycles. The Labute approximate surface area is 328 Å². The fourth-order valence-electron chi connectivity index (χ4n) is 13.4. The van der Waals surface area contributed by atoms with Crippen LogP contribution in [-0.4, -0.2) is 27.1 Å². The van der Waals surface area contributed by atoms with E-state index in [1.165, 1.54) is 55.2 Å². The molecule has 4 heteroatoms. The van der Waals surface area contributed by atoms with Crippen LogP contribution in [-0.2, 0) is 6.42 Å². The number of rotatable bonds is 5. The molecule has 2 N–H and O–H groups in total. The zero-order chi connectivity index (χ0) is 38.6. The molecule has 0 unspecified atom stereocenters. The predicted octanol–water partition coefficient (Wildman–Crippen LogP) is 11.9. The molecule has 8 rings (SSSR count). The summed E-state index contributed by atoms with van der Waals surface area (Å²) in [5.41, 5.74) is 6.60. The number of nitrogens with zero attached hydrogens (tertiary/aromatic N) is 1. The van der Waals surface area contributed by atoms with Crippen LogP contribution in [0.1, 0.15) is 150 Å². The van der Waals surface area contributed by atoms with E-state index in [1.807, 2.05) is 6.20 Å². The molecule has 6 fully saturated rings. The van der Waals surface area contributed by atoms with Gasteiger partial charge in [-0.25, -0.2) is 0 Å². The summed E-state index contributed by atoms with van der Waals surface area (Å²) in [6, 6.07) is 0. The number of aliphatic hydroxyl groups excluding tert-OH is 1. The van der Waals surface area contributed by atoms with Crippen LogP contribution in [0.3, 0.4) is 0 Å². The normalized spacial score (nSPS) is 42.6. The summed E-state index contributed by atoms with van der Waals surface area (Å²) in [4.78, 5) is 0. The first-order valence-corrected chi connectivity index (χ1v) is 21.9. The fourth-order valence-corrected chi connectivity index (χ4v) is 13.4. The second kappa shape index (κ2) is 15.0. The highest BCUT2D eigenvalue weighted by Gasteiger charge is 2.63. The summed E-state index contributed by atoms with van der Waals surface area (Å²) in [7, 11) is 0. The maximum atomic E-state index is 11.1. The van der Waals surface area contributed by atoms with Gasteiger partial charge in [-0.15, -0.1) is 6.42 Å². The summed E-state index contributed by atoms with van der Waals surface area (Å²) in [6.07, 6.45) is 36.2. The number of aliphatic hydroxyl groups is 2. The third-order valence-electron chi connectivity index (χ3n) is 17.3. The topological polar surface area (TPSA) is 66.5 Å². The molecule has 6 saturated carbocycles. The molecule has 4 nitrogen and oxygen atoms in total. The highest BCUT2D eigenvalue weighted by Crippen LogP contribution is 2.67. The molecule has 0 aliphatic heterocycles. The largest absolute Gasteiger partial charge is 0.393 e. The molecular weight excluding hydrogens is 663 g/mol. The van der Waals surface area contributed by atoms with Crippen molar-refractivity contribution in [2.45, 2.75) is 156 Å². The average Bonchev–Trinajstić information content (AvgIpc) is 3.82. The lowest BCUT2D eigenvalue weighted by Crippen LogP contribution is -2.54. The molecule has 294 valence electrons. The number of terminal acetylenes is 1. The zero-order valence-electron chi connectivity index (χ0n) is 34.8. The summed E-state index contributed by atoms with van der Waals surface area (Å²) < 4.78 is 5.43. The predicted molar refractivity (Wildman–Crippen MR) is 222 cm³/mol. The van der Waals surface area contributed by atoms with E-state index in [1.54, 1.807) is 11.1 Å². The molecule has 1 heterocycles. The van der Waals surface area contributed by atoms with Gasteiger partial charge in [0.25, 0.3) is 0 Å². The third kappa shape index (κ3) is 6.80. The molecular formula is C50H71NO3. The van der Waals surface area contributed by atoms with E-state index >= 15 is 0 Å². The third-order valence-corrected chi connectivity index (χ3v) is 17.3. The minimum atomic E-state index is -0.909. The van der Waals surface area contributed by atoms with Gasteiger partial charge in [-0.05, 0) is 166 Å². The van der Waals surface area contributed by atoms with Gasteiger partial charge < -0.3 is 14.7 Å². The summed E-state index contributed by atoms with van der Waals surface area (Å²) in [6.45, 7) is 21.0. The summed E-state index contributed by atoms with van der Waals surface area (Å²) in [5, 5.41) is 25.1. The van der Waals surface area contributed by atoms with Crippen molar-refractivity contribution in [2.75, 3.05) is 0 Å². The first-order chi connectivity index (χ1) is 25.6. The van der Waals surface area contributed by atoms with E-state index < -0.39 is 5.60 Å². The number of fused-ring (bicyclic) bond motifs is 7. The van der Waals surface area contributed by atoms with Gasteiger partial charge in [0, 0.05) is 11.0 Å². The van der Waals surface area contributed by atoms with E-state index in [9.17, 15) is 10.2 Å². The van der Waals surface area contributed by atoms with Crippen LogP contribution in [0.15, 0.2) is 63.9 Å². The lowest BCUT2D eigenvalue weighted by Gasteiger charge is -2.58. The maximum absolute atomic E-state index is 11.1. The molecule has 0 aromatic carbocycles. The van der Waals surface area contributed by atoms with Gasteiger partial charge in [0.2, 0.25) is 0 Å². The van der Waals surface area contributed by atoms with E-state index in [-0.39, 0.29) is 16.9 Å². The van der Waals surface area contributed by atoms with E-state index in [0.29, 0.717) is 35.0 Å². The summed E-state index contributed by atoms with van der Waals surface area (Å²) in [5.74, 6) is 9.21. The molecule has 7 aliphatic carbocycles. The number of aromatic nitrogens is 1. The van der Waals surface area contributed by atoms with Gasteiger partial charge >= 0.3 is 0 Å². The van der Waals surface area contributed by atoms with Crippen LogP contribution in [0, 0.1) is 75.9 Å². The Morgan fingerprint density at radius 2 is 1.72 bits per heavy atom. The molecule has 12 atom stereocenters. The van der Waals surface area contributed by atoms with Crippen molar-refractivity contribution in [3.05, 3.63) is 70.7 Å². The van der Waals surface area contributed by atoms with Gasteiger partial charge in [-0.3, -0.25) is 0 Å². The van der Waals surface area contributed by atoms with Crippen LogP contribution in [0.2, 0.25) is 0 Å². The highest BCUT2D eigenvalue weighted by molar-refractivity contribution is 5.57. The first-order valence-electron chi connectivity index (χ1n) is 21.9. The lowest BCUT2D eigenvalue weighted by atomic mass is 9.46. The fraction of sp³-hybridized carbons (Fsp3) is 0.700. The van der Waals surface area contributed by atoms with Crippen molar-refractivity contribution in [3.8, 4) is 12.3 Å². The Morgan fingerprint density at radius 3 is 2.48 bits per heavy atom. The van der Waals surface area contributed by atoms with Gasteiger partial charge in [0.15, 0.2) is 5.76 Å². The van der Waals surface area contributed by atoms with Crippen LogP contribution in [0.5, 0.6) is 0 Å². The van der Waals surface area contributed by atoms with Crippen molar-refractivity contribution in [2.24, 2.45) is 63.6 Å². The first kappa shape index (κ1) is 39.6. The molecule has 7 aliphatic rings. The summed E-state index contributed by atoms with van der Waals surface area (Å²) >= 11 is 0. The van der Waals surface area contributed by atoms with E-state index in [0.717, 1.165) is 81.3 Å². The SMILES string of the molecule is C#C[C@]1(O)CC[C@H]2[C@@H]3CCC4=Cc5oncc5C[C@]4(C)[C@H]3CC[C@@]21C.C=C1CC[C@H](O)C/C1=C/C=C1\CCC[C@]2(C)[C@@H]([C@H](C)/C=C/[C@H](C)C(C)C)CC[C@@H]12. The van der Waals surface area contributed by atoms with E-state index in [2.05, 4.69) is 96.5 Å². The smallest absolute Gasteiger partial charge is 0.162 e. The van der Waals surface area contributed by atoms with Crippen LogP contribution < -0.4 is 0 Å². The van der Waals surface area contributed by atoms with Gasteiger partial charge in [-0.1, -0.05) is 107 Å². The van der Waals surface area contributed by atoms with Crippen molar-refractivity contribution in [1.29, 1.82) is 0 Å². The van der Waals surface area contributed by atoms with Crippen molar-refractivity contribution in [1.82, 2.24) is 5.16 Å². The highest BCUT2D eigenvalue weighted by atomic mass is 16.5. The van der Waals surface area contributed by atoms with Crippen molar-refractivity contribution < 1.29 is 14.7 Å². The molecule has 0 radical (unpaired) electrons. The van der Waals surface area contributed by atoms with Crippen molar-refractivity contribution in [3.63, 3.8) is 0 Å². The minimum absolute atomic E-state index is 0.114. The molecule has 0 bridgehead atoms. The van der Waals surface area contributed by atoms with Crippen molar-refractivity contribution >= 4 is 6.08 Å². The van der Waals surface area contributed by atoms with Gasteiger partial charge in [0.1, 0.15) is 5.60 Å². The number of allylic oxidation sites excluding steroid dienone is 7. The Balaban J connectivity index is 0.000000168. The van der Waals surface area contributed by atoms with Gasteiger partial charge in [0.05, 0.1) is 12.3 Å². The van der Waals surface area contributed by atoms with Crippen LogP contribution in [0.4, 0.5) is 0 Å². The zero-order valence-corrected chi connectivity index (χ0v) is 34.8. The monoisotopic (exact) mass is 734 g/mol. The average molecular weight is 734 g/mol. The lowest BCUT2D eigenvalue weighted by molar-refractivity contribution is -0.0975. The second-order valence-electron chi connectivity index (χ2n) is 20.3. The molecule has 0 saturated heterocycles. The maximum Gasteiger partial charge on any atom is 0.162 e. The number of hydrogen-bond acceptors (Lipinski definition) is 4. The Hall–Kier alpha value is -2.61. The van der Waals surface area contributed by atoms with Gasteiger partial charge in [-0.2, -0.15) is 0 Å². The standard InChI is InChI=1S/C28H44O.C22H27NO2/c1-19(2)20(3)9-10-22(5)26-15-16-27-23(8-7-17-28(26,27)6)12-13-24-18-25(29)14-11-21(24)4;1-4-22(24)10-8-18-16-6-5-15-11-19-14(13-23-25-19)12-20(15,2)17(16)7-9-21(18,22)3/h9-10,12-13,19-20,22,25-27,29H,4,7-8,11,14-18H2,1-3,5-6H3;1,11,13,16-18,24H,5-10,12H2,2-3H3/b10-9+,23-12+,24-13-;/t20-,22+,25-,26+,27-,28+;16-,17+,18+,20+,21+,22+/m01/s1. The molecule has 1 aromatic rings. The molecule has 0 spiro atoms. The van der Waals surface area contributed by atoms with E-state index in [4.69, 9.17) is 10.9 Å². The number of hydrogen-bond donors (Lipinski definition) is 2. The Morgan fingerprint density at radius 1 is 0.944 bits per heavy atom. The molecule has 0 amide bonds. The second-order valence-corrected chi connectivity index (χ2v) is 20.3. The van der Waals surface area contributed by atoms with Crippen LogP contribution in [0.25, 0.3) is 6.08 Å². The van der Waals surface area contributed by atoms with Crippen LogP contribution >= 0.6 is 0 Å². The molecule has 54 heavy (non-hydrogen) atoms.